The molecule has 4 saturated heterocycles. The summed E-state index contributed by atoms with van der Waals surface area (Å²) in [5, 5.41) is 8.44. The zero-order chi connectivity index (χ0) is 81.0. The predicted octanol–water partition coefficient (Wildman–Crippen LogP) is 6.10. The van der Waals surface area contributed by atoms with E-state index >= 15 is 47.1 Å². The summed E-state index contributed by atoms with van der Waals surface area (Å²) in [6.07, 6.45) is -14.8. The van der Waals surface area contributed by atoms with Gasteiger partial charge in [-0.15, -0.1) is 0 Å². The van der Waals surface area contributed by atoms with Crippen LogP contribution in [0.3, 0.4) is 0 Å². The minimum absolute atomic E-state index is 0.00847. The fourth-order valence-corrected chi connectivity index (χ4v) is 17.9. The lowest BCUT2D eigenvalue weighted by Crippen LogP contribution is -2.68. The van der Waals surface area contributed by atoms with E-state index in [1.54, 1.807) is 27.7 Å². The summed E-state index contributed by atoms with van der Waals surface area (Å²) >= 11 is 0. The van der Waals surface area contributed by atoms with Crippen molar-refractivity contribution in [1.82, 2.24) is 60.0 Å². The summed E-state index contributed by atoms with van der Waals surface area (Å²) in [6.45, 7) is 5.69. The standard InChI is InChI=1S/C76H118F8N12O14/c1-11-20-54-65(100)86-63(45(4)12-2)71(106)89(6)44-61(99)91(8)55-23-15-14-18-32-95(70(55)105)58(39-46-24-27-49(28-25-46)75(79,80)81)68(103)88(5)43-59(97)85-53(29-26-47-37-51(77)62(52(78)38-47)76(82,83)84)67(102)96-42-50(110-13-3)40-56(96)66(101)87-74(30-19-31-74)73(108)93(10)64(48-21-16-17-22-48)72(107)92(9)57(41-60(98)90(54)7)69(104)94-33-35-109-36-34-94/h45-58,62-64H,11-44H2,1-10H3,(H,85,97)(H,86,100)(H,87,101)/t45-,46?,47?,49?,50+,51?,52?,53-,54-,55-,56-,57-,58-,62?,63-,64-/m0/s1. The van der Waals surface area contributed by atoms with Crippen LogP contribution in [0.1, 0.15) is 188 Å². The predicted molar refractivity (Wildman–Crippen MR) is 385 cm³/mol. The highest BCUT2D eigenvalue weighted by Gasteiger charge is 2.56. The van der Waals surface area contributed by atoms with Crippen LogP contribution in [0.2, 0.25) is 0 Å². The molecule has 1 spiro atoms. The van der Waals surface area contributed by atoms with E-state index in [9.17, 15) is 45.5 Å². The van der Waals surface area contributed by atoms with Crippen molar-refractivity contribution in [2.24, 2.45) is 35.5 Å². The molecule has 2 unspecified atom stereocenters. The first-order valence-electron chi connectivity index (χ1n) is 39.9. The summed E-state index contributed by atoms with van der Waals surface area (Å²) in [5.41, 5.74) is -1.70. The molecule has 110 heavy (non-hydrogen) atoms. The van der Waals surface area contributed by atoms with Crippen LogP contribution in [-0.2, 0) is 67.0 Å². The van der Waals surface area contributed by atoms with Gasteiger partial charge in [0.1, 0.15) is 72.1 Å². The molecule has 0 aromatic heterocycles. The molecule has 3 N–H and O–H groups in total. The van der Waals surface area contributed by atoms with Gasteiger partial charge in [0.25, 0.3) is 0 Å². The molecule has 12 amide bonds. The number of likely N-dealkylation sites (N-methyl/N-ethyl adjacent to an activating group) is 6. The van der Waals surface area contributed by atoms with E-state index in [4.69, 9.17) is 9.47 Å². The Morgan fingerprint density at radius 1 is 0.591 bits per heavy atom. The molecular weight excluding hydrogens is 1460 g/mol. The summed E-state index contributed by atoms with van der Waals surface area (Å²) in [4.78, 5) is 193. The summed E-state index contributed by atoms with van der Waals surface area (Å²) in [5.74, 6) is -16.5. The third kappa shape index (κ3) is 21.3. The SMILES string of the molecule is CCC[C@H]1C(=O)N[C@@H]([C@@H](C)CC)C(=O)N(C)CC(=O)N(C)[C@H]2CCCCCN(C2=O)[C@@H](CC2CCC(C(F)(F)F)CC2)C(=O)N(C)CC(=O)N[C@@H](CCC2CC(F)C(C(F)(F)F)C(F)C2)C(=O)N2C[C@H](OCC)C[C@H]2C(=O)NC2(CCC2)C(=O)N(C)[C@@H](C2CCCC2)C(=O)N(C)[C@H](C(=O)N2CCOCC2)CC(=O)N1C. The monoisotopic (exact) mass is 1570 g/mol. The molecular formula is C76H118F8N12O14. The number of fused-ring (bicyclic) bond motifs is 3. The van der Waals surface area contributed by atoms with E-state index in [1.807, 2.05) is 0 Å². The fourth-order valence-electron chi connectivity index (χ4n) is 17.9. The molecule has 0 radical (unpaired) electrons. The number of halogens is 8. The van der Waals surface area contributed by atoms with E-state index < -0.39 is 230 Å². The Balaban J connectivity index is 1.20. The van der Waals surface area contributed by atoms with E-state index in [-0.39, 0.29) is 117 Å². The minimum Gasteiger partial charge on any atom is -0.378 e. The van der Waals surface area contributed by atoms with Gasteiger partial charge in [0.05, 0.1) is 44.7 Å². The van der Waals surface area contributed by atoms with Crippen LogP contribution in [0.5, 0.6) is 0 Å². The average molecular weight is 1580 g/mol. The molecule has 26 nitrogen and oxygen atoms in total. The Kier molecular flexibility index (Phi) is 31.1. The van der Waals surface area contributed by atoms with Gasteiger partial charge in [-0.05, 0) is 140 Å². The third-order valence-electron chi connectivity index (χ3n) is 25.0. The van der Waals surface area contributed by atoms with Gasteiger partial charge in [-0.25, -0.2) is 8.78 Å². The molecule has 4 saturated carbocycles. The van der Waals surface area contributed by atoms with Crippen molar-refractivity contribution in [1.29, 1.82) is 0 Å². The van der Waals surface area contributed by atoms with E-state index in [2.05, 4.69) is 16.0 Å². The van der Waals surface area contributed by atoms with E-state index in [1.165, 1.54) is 61.9 Å². The number of nitrogens with zero attached hydrogens (tertiary/aromatic N) is 9. The second-order valence-electron chi connectivity index (χ2n) is 32.4. The second-order valence-corrected chi connectivity index (χ2v) is 32.4. The van der Waals surface area contributed by atoms with Crippen LogP contribution >= 0.6 is 0 Å². The maximum absolute atomic E-state index is 15.7. The maximum atomic E-state index is 15.7. The highest BCUT2D eigenvalue weighted by Crippen LogP contribution is 2.46. The Morgan fingerprint density at radius 3 is 1.80 bits per heavy atom. The van der Waals surface area contributed by atoms with Crippen LogP contribution in [0.25, 0.3) is 0 Å². The van der Waals surface area contributed by atoms with Gasteiger partial charge in [0, 0.05) is 81.5 Å². The van der Waals surface area contributed by atoms with Gasteiger partial charge < -0.3 is 69.5 Å². The normalized spacial score (nSPS) is 32.3. The van der Waals surface area contributed by atoms with Crippen molar-refractivity contribution in [2.45, 2.75) is 273 Å². The van der Waals surface area contributed by atoms with Crippen LogP contribution in [0.4, 0.5) is 35.1 Å². The lowest BCUT2D eigenvalue weighted by atomic mass is 9.74. The number of morpholine rings is 1. The molecule has 0 aromatic carbocycles. The number of amides is 12. The van der Waals surface area contributed by atoms with Crippen molar-refractivity contribution in [3.63, 3.8) is 0 Å². The zero-order valence-electron chi connectivity index (χ0n) is 65.6. The smallest absolute Gasteiger partial charge is 0.378 e. The Hall–Kier alpha value is -7.00. The molecule has 8 fully saturated rings. The van der Waals surface area contributed by atoms with Gasteiger partial charge in [0.2, 0.25) is 70.9 Å². The summed E-state index contributed by atoms with van der Waals surface area (Å²) in [6, 6.07) is -11.2. The molecule has 2 bridgehead atoms. The van der Waals surface area contributed by atoms with Crippen molar-refractivity contribution in [3.8, 4) is 0 Å². The minimum atomic E-state index is -5.22. The number of hydrogen-bond donors (Lipinski definition) is 3. The van der Waals surface area contributed by atoms with Gasteiger partial charge in [-0.2, -0.15) is 26.3 Å². The molecule has 8 rings (SSSR count). The molecule has 0 aromatic rings. The van der Waals surface area contributed by atoms with Crippen LogP contribution in [-0.4, -0.2) is 301 Å². The van der Waals surface area contributed by atoms with Gasteiger partial charge >= 0.3 is 12.4 Å². The first kappa shape index (κ1) is 88.6. The van der Waals surface area contributed by atoms with Crippen LogP contribution < -0.4 is 16.0 Å². The number of ether oxygens (including phenoxy) is 2. The molecule has 622 valence electrons. The number of nitrogens with one attached hydrogen (secondary N) is 3. The molecule has 8 aliphatic rings. The Bertz CT molecular complexity index is 3230. The second kappa shape index (κ2) is 38.7. The largest absolute Gasteiger partial charge is 0.397 e. The molecule has 4 aliphatic carbocycles. The van der Waals surface area contributed by atoms with E-state index in [0.717, 1.165) is 24.5 Å². The Morgan fingerprint density at radius 2 is 1.22 bits per heavy atom. The topological polar surface area (TPSA) is 289 Å². The average Bonchev–Trinajstić information content (AvgIpc) is 1.16. The lowest BCUT2D eigenvalue weighted by Gasteiger charge is -2.47. The zero-order valence-corrected chi connectivity index (χ0v) is 65.6. The van der Waals surface area contributed by atoms with Crippen molar-refractivity contribution >= 4 is 70.9 Å². The first-order chi connectivity index (χ1) is 51.9. The van der Waals surface area contributed by atoms with Gasteiger partial charge in [-0.1, -0.05) is 59.3 Å². The van der Waals surface area contributed by atoms with Gasteiger partial charge in [0.15, 0.2) is 0 Å². The highest BCUT2D eigenvalue weighted by atomic mass is 19.4. The summed E-state index contributed by atoms with van der Waals surface area (Å²) in [7, 11) is 8.10. The van der Waals surface area contributed by atoms with Crippen molar-refractivity contribution in [3.05, 3.63) is 0 Å². The fraction of sp³-hybridized carbons (Fsp3) is 0.842. The first-order valence-corrected chi connectivity index (χ1v) is 39.9. The van der Waals surface area contributed by atoms with E-state index in [0.29, 0.717) is 64.2 Å². The highest BCUT2D eigenvalue weighted by molar-refractivity contribution is 6.01. The van der Waals surface area contributed by atoms with Crippen molar-refractivity contribution in [2.75, 3.05) is 101 Å². The number of carbonyl (C=O) groups excluding carboxylic acids is 12. The number of rotatable bonds is 13. The van der Waals surface area contributed by atoms with Crippen LogP contribution in [0.15, 0.2) is 0 Å². The molecule has 4 heterocycles. The maximum Gasteiger partial charge on any atom is 0.397 e. The summed E-state index contributed by atoms with van der Waals surface area (Å²) < 4.78 is 127. The van der Waals surface area contributed by atoms with Gasteiger partial charge in [-0.3, -0.25) is 57.5 Å². The lowest BCUT2D eigenvalue weighted by molar-refractivity contribution is -0.219. The van der Waals surface area contributed by atoms with Crippen molar-refractivity contribution < 1.29 is 102 Å². The quantitative estimate of drug-likeness (QED) is 0.176. The Labute approximate surface area is 640 Å². The third-order valence-corrected chi connectivity index (χ3v) is 25.0. The molecule has 4 aliphatic heterocycles. The number of hydrogen-bond acceptors (Lipinski definition) is 14. The number of carbonyl (C=O) groups is 12. The van der Waals surface area contributed by atoms with Crippen LogP contribution in [0, 0.1) is 35.5 Å². The molecule has 34 heteroatoms. The number of alkyl halides is 8. The molecule has 12 atom stereocenters.